The maximum absolute atomic E-state index is 10.3. The van der Waals surface area contributed by atoms with Crippen molar-refractivity contribution in [1.29, 1.82) is 0 Å². The van der Waals surface area contributed by atoms with E-state index in [1.165, 1.54) is 11.6 Å². The number of hydrogen-bond acceptors (Lipinski definition) is 3. The van der Waals surface area contributed by atoms with Gasteiger partial charge in [-0.3, -0.25) is 4.90 Å². The van der Waals surface area contributed by atoms with E-state index in [4.69, 9.17) is 0 Å². The van der Waals surface area contributed by atoms with Gasteiger partial charge in [0.2, 0.25) is 0 Å². The van der Waals surface area contributed by atoms with Gasteiger partial charge >= 0.3 is 0 Å². The Morgan fingerprint density at radius 2 is 1.50 bits per heavy atom. The molecule has 0 aromatic heterocycles. The summed E-state index contributed by atoms with van der Waals surface area (Å²) < 4.78 is 0. The fraction of sp³-hybridized carbons (Fsp3) is 0.478. The molecule has 26 heavy (non-hydrogen) atoms. The summed E-state index contributed by atoms with van der Waals surface area (Å²) in [6.45, 7) is 10.1. The summed E-state index contributed by atoms with van der Waals surface area (Å²) in [5.74, 6) is 0.544. The van der Waals surface area contributed by atoms with Crippen molar-refractivity contribution >= 4 is 0 Å². The zero-order chi connectivity index (χ0) is 19.1. The van der Waals surface area contributed by atoms with E-state index in [0.717, 1.165) is 31.4 Å². The molecule has 2 N–H and O–H groups in total. The van der Waals surface area contributed by atoms with Crippen LogP contribution in [0.4, 0.5) is 0 Å². The lowest BCUT2D eigenvalue weighted by Crippen LogP contribution is -2.37. The Kier molecular flexibility index (Phi) is 7.52. The van der Waals surface area contributed by atoms with Crippen molar-refractivity contribution in [2.75, 3.05) is 6.54 Å². The number of benzene rings is 2. The normalized spacial score (nSPS) is 12.9. The smallest absolute Gasteiger partial charge is 0.119 e. The molecule has 2 rings (SSSR count). The van der Waals surface area contributed by atoms with E-state index in [1.807, 2.05) is 18.2 Å². The largest absolute Gasteiger partial charge is 0.508 e. The van der Waals surface area contributed by atoms with E-state index in [0.29, 0.717) is 12.1 Å². The van der Waals surface area contributed by atoms with Crippen LogP contribution in [0.1, 0.15) is 64.0 Å². The fourth-order valence-corrected chi connectivity index (χ4v) is 3.76. The first-order valence-electron chi connectivity index (χ1n) is 9.72. The third-order valence-corrected chi connectivity index (χ3v) is 5.07. The number of unbranched alkanes of at least 4 members (excludes halogenated alkanes) is 1. The van der Waals surface area contributed by atoms with Gasteiger partial charge in [-0.25, -0.2) is 0 Å². The van der Waals surface area contributed by atoms with Crippen molar-refractivity contribution in [2.45, 2.75) is 65.0 Å². The monoisotopic (exact) mass is 355 g/mol. The van der Waals surface area contributed by atoms with Gasteiger partial charge in [-0.1, -0.05) is 36.8 Å². The molecule has 2 aromatic carbocycles. The minimum atomic E-state index is 0.0925. The van der Waals surface area contributed by atoms with Gasteiger partial charge in [0, 0.05) is 23.6 Å². The van der Waals surface area contributed by atoms with Crippen molar-refractivity contribution in [2.24, 2.45) is 0 Å². The number of nitrogens with zero attached hydrogens (tertiary/aromatic N) is 1. The van der Waals surface area contributed by atoms with E-state index in [1.54, 1.807) is 12.1 Å². The second-order valence-electron chi connectivity index (χ2n) is 7.63. The molecule has 1 atom stereocenters. The van der Waals surface area contributed by atoms with Gasteiger partial charge < -0.3 is 10.2 Å². The summed E-state index contributed by atoms with van der Waals surface area (Å²) in [5, 5.41) is 20.2. The number of hydrogen-bond donors (Lipinski definition) is 2. The van der Waals surface area contributed by atoms with Gasteiger partial charge in [-0.05, 0) is 70.8 Å². The summed E-state index contributed by atoms with van der Waals surface area (Å²) in [7, 11) is 0. The molecule has 3 nitrogen and oxygen atoms in total. The highest BCUT2D eigenvalue weighted by molar-refractivity contribution is 5.45. The number of phenols is 2. The lowest BCUT2D eigenvalue weighted by molar-refractivity contribution is 0.171. The second kappa shape index (κ2) is 9.63. The zero-order valence-electron chi connectivity index (χ0n) is 16.5. The molecule has 0 radical (unpaired) electrons. The van der Waals surface area contributed by atoms with Gasteiger partial charge in [0.15, 0.2) is 0 Å². The number of phenolic OH excluding ortho intramolecular Hbond substituents is 2. The highest BCUT2D eigenvalue weighted by Crippen LogP contribution is 2.37. The molecule has 0 saturated heterocycles. The average Bonchev–Trinajstić information content (AvgIpc) is 2.60. The molecule has 2 aromatic rings. The summed E-state index contributed by atoms with van der Waals surface area (Å²) in [5.41, 5.74) is 1.98. The van der Waals surface area contributed by atoms with E-state index in [2.05, 4.69) is 44.7 Å². The summed E-state index contributed by atoms with van der Waals surface area (Å²) in [4.78, 5) is 2.52. The van der Waals surface area contributed by atoms with Gasteiger partial charge in [-0.2, -0.15) is 0 Å². The molecule has 0 aliphatic carbocycles. The van der Waals surface area contributed by atoms with Crippen LogP contribution in [0.5, 0.6) is 11.5 Å². The maximum atomic E-state index is 10.3. The third kappa shape index (κ3) is 5.50. The van der Waals surface area contributed by atoms with Crippen LogP contribution in [0.15, 0.2) is 48.5 Å². The minimum absolute atomic E-state index is 0.0925. The minimum Gasteiger partial charge on any atom is -0.508 e. The van der Waals surface area contributed by atoms with Crippen molar-refractivity contribution in [3.05, 3.63) is 59.7 Å². The van der Waals surface area contributed by atoms with Crippen LogP contribution in [-0.4, -0.2) is 33.7 Å². The van der Waals surface area contributed by atoms with Crippen LogP contribution in [0.2, 0.25) is 0 Å². The van der Waals surface area contributed by atoms with Crippen LogP contribution in [-0.2, 0) is 0 Å². The molecule has 0 aliphatic heterocycles. The number of aromatic hydroxyl groups is 2. The Hall–Kier alpha value is -2.00. The lowest BCUT2D eigenvalue weighted by atomic mass is 9.86. The van der Waals surface area contributed by atoms with E-state index >= 15 is 0 Å². The van der Waals surface area contributed by atoms with Gasteiger partial charge in [0.25, 0.3) is 0 Å². The van der Waals surface area contributed by atoms with Crippen LogP contribution in [0.3, 0.4) is 0 Å². The molecule has 0 fully saturated rings. The summed E-state index contributed by atoms with van der Waals surface area (Å²) >= 11 is 0. The third-order valence-electron chi connectivity index (χ3n) is 5.07. The molecule has 0 bridgehead atoms. The first-order valence-corrected chi connectivity index (χ1v) is 9.72. The average molecular weight is 356 g/mol. The number of rotatable bonds is 9. The Labute approximate surface area is 158 Å². The lowest BCUT2D eigenvalue weighted by Gasteiger charge is -2.30. The molecular weight excluding hydrogens is 322 g/mol. The predicted molar refractivity (Wildman–Crippen MR) is 109 cm³/mol. The Balaban J connectivity index is 2.10. The standard InChI is InChI=1S/C23H33NO2/c1-17(2)24(18(3)4)15-9-8-12-21(19-10-6-5-7-11-19)22-16-20(25)13-14-23(22)26/h5-7,10-11,13-14,16-18,21,25-26H,8-9,12,15H2,1-4H3. The molecule has 0 heterocycles. The molecule has 0 spiro atoms. The van der Waals surface area contributed by atoms with Gasteiger partial charge in [-0.15, -0.1) is 0 Å². The van der Waals surface area contributed by atoms with Crippen LogP contribution >= 0.6 is 0 Å². The predicted octanol–water partition coefficient (Wildman–Crippen LogP) is 5.52. The fourth-order valence-electron chi connectivity index (χ4n) is 3.76. The van der Waals surface area contributed by atoms with Crippen molar-refractivity contribution < 1.29 is 10.2 Å². The summed E-state index contributed by atoms with van der Waals surface area (Å²) in [6.07, 6.45) is 3.15. The quantitative estimate of drug-likeness (QED) is 0.460. The molecule has 0 aliphatic rings. The van der Waals surface area contributed by atoms with E-state index in [9.17, 15) is 10.2 Å². The topological polar surface area (TPSA) is 43.7 Å². The van der Waals surface area contributed by atoms with Crippen LogP contribution < -0.4 is 0 Å². The Morgan fingerprint density at radius 3 is 2.12 bits per heavy atom. The van der Waals surface area contributed by atoms with Gasteiger partial charge in [0.1, 0.15) is 11.5 Å². The first kappa shape index (κ1) is 20.3. The maximum Gasteiger partial charge on any atom is 0.119 e. The SMILES string of the molecule is CC(C)N(CCCCC(c1ccccc1)c1cc(O)ccc1O)C(C)C. The first-order chi connectivity index (χ1) is 12.4. The Bertz CT molecular complexity index is 659. The van der Waals surface area contributed by atoms with Crippen LogP contribution in [0, 0.1) is 0 Å². The molecule has 1 unspecified atom stereocenters. The highest BCUT2D eigenvalue weighted by Gasteiger charge is 2.19. The van der Waals surface area contributed by atoms with Crippen LogP contribution in [0.25, 0.3) is 0 Å². The molecule has 0 saturated carbocycles. The molecule has 142 valence electrons. The molecular formula is C23H33NO2. The second-order valence-corrected chi connectivity index (χ2v) is 7.63. The molecule has 0 amide bonds. The van der Waals surface area contributed by atoms with E-state index < -0.39 is 0 Å². The highest BCUT2D eigenvalue weighted by atomic mass is 16.3. The summed E-state index contributed by atoms with van der Waals surface area (Å²) in [6, 6.07) is 16.2. The van der Waals surface area contributed by atoms with Crippen molar-refractivity contribution in [3.63, 3.8) is 0 Å². The molecule has 3 heteroatoms. The van der Waals surface area contributed by atoms with Crippen molar-refractivity contribution in [3.8, 4) is 11.5 Å². The van der Waals surface area contributed by atoms with Crippen molar-refractivity contribution in [1.82, 2.24) is 4.90 Å². The van der Waals surface area contributed by atoms with E-state index in [-0.39, 0.29) is 17.4 Å². The zero-order valence-corrected chi connectivity index (χ0v) is 16.5. The van der Waals surface area contributed by atoms with Gasteiger partial charge in [0.05, 0.1) is 0 Å². The Morgan fingerprint density at radius 1 is 0.846 bits per heavy atom.